The minimum absolute atomic E-state index is 0.185. The van der Waals surface area contributed by atoms with Crippen molar-refractivity contribution in [3.63, 3.8) is 0 Å². The van der Waals surface area contributed by atoms with Gasteiger partial charge in [-0.3, -0.25) is 4.90 Å². The molecule has 0 saturated carbocycles. The van der Waals surface area contributed by atoms with E-state index in [-0.39, 0.29) is 5.56 Å². The lowest BCUT2D eigenvalue weighted by Crippen LogP contribution is -2.45. The highest BCUT2D eigenvalue weighted by Crippen LogP contribution is 2.32. The van der Waals surface area contributed by atoms with E-state index in [4.69, 9.17) is 0 Å². The van der Waals surface area contributed by atoms with Gasteiger partial charge in [0.15, 0.2) is 11.6 Å². The van der Waals surface area contributed by atoms with Gasteiger partial charge in [0.2, 0.25) is 0 Å². The van der Waals surface area contributed by atoms with Crippen molar-refractivity contribution >= 4 is 0 Å². The van der Waals surface area contributed by atoms with Crippen molar-refractivity contribution in [3.8, 4) is 0 Å². The number of nitrogens with one attached hydrogen (secondary N) is 1. The maximum atomic E-state index is 14.0. The predicted octanol–water partition coefficient (Wildman–Crippen LogP) is 3.02. The Morgan fingerprint density at radius 1 is 1.25 bits per heavy atom. The Bertz CT molecular complexity index is 496. The molecule has 1 aromatic rings. The lowest BCUT2D eigenvalue weighted by atomic mass is 9.96. The highest BCUT2D eigenvalue weighted by molar-refractivity contribution is 5.26. The largest absolute Gasteiger partial charge is 0.314 e. The van der Waals surface area contributed by atoms with Crippen molar-refractivity contribution < 1.29 is 13.2 Å². The summed E-state index contributed by atoms with van der Waals surface area (Å²) in [6.45, 7) is 8.48. The van der Waals surface area contributed by atoms with Gasteiger partial charge in [0.25, 0.3) is 0 Å². The molecule has 1 N–H and O–H groups in total. The molecule has 1 aliphatic heterocycles. The number of halogens is 3. The molecule has 0 radical (unpaired) electrons. The summed E-state index contributed by atoms with van der Waals surface area (Å²) in [4.78, 5) is 1.98. The van der Waals surface area contributed by atoms with Crippen molar-refractivity contribution in [1.29, 1.82) is 0 Å². The zero-order valence-electron chi connectivity index (χ0n) is 11.6. The van der Waals surface area contributed by atoms with E-state index >= 15 is 0 Å². The molecular weight excluding hydrogens is 265 g/mol. The van der Waals surface area contributed by atoms with Crippen LogP contribution in [0.4, 0.5) is 13.2 Å². The van der Waals surface area contributed by atoms with E-state index in [9.17, 15) is 13.2 Å². The molecule has 0 bridgehead atoms. The van der Waals surface area contributed by atoms with Crippen molar-refractivity contribution in [3.05, 3.63) is 47.3 Å². The first-order valence-electron chi connectivity index (χ1n) is 6.73. The first-order valence-corrected chi connectivity index (χ1v) is 6.73. The Morgan fingerprint density at radius 2 is 1.85 bits per heavy atom. The molecule has 0 unspecified atom stereocenters. The fraction of sp³-hybridized carbons (Fsp3) is 0.467. The molecule has 0 spiro atoms. The normalized spacial score (nSPS) is 18.0. The first-order chi connectivity index (χ1) is 9.50. The third kappa shape index (κ3) is 3.22. The summed E-state index contributed by atoms with van der Waals surface area (Å²) in [6, 6.07) is 1.30. The molecule has 0 aromatic heterocycles. The number of piperazine rings is 1. The fourth-order valence-electron chi connectivity index (χ4n) is 2.59. The van der Waals surface area contributed by atoms with Gasteiger partial charge in [-0.25, -0.2) is 13.2 Å². The van der Waals surface area contributed by atoms with Gasteiger partial charge in [-0.2, -0.15) is 0 Å². The van der Waals surface area contributed by atoms with Gasteiger partial charge in [0, 0.05) is 37.8 Å². The van der Waals surface area contributed by atoms with Gasteiger partial charge in [0.1, 0.15) is 5.82 Å². The van der Waals surface area contributed by atoms with E-state index in [1.165, 1.54) is 0 Å². The molecule has 0 aliphatic carbocycles. The van der Waals surface area contributed by atoms with E-state index in [0.29, 0.717) is 19.5 Å². The Balaban J connectivity index is 2.40. The van der Waals surface area contributed by atoms with Crippen LogP contribution in [0.2, 0.25) is 0 Å². The van der Waals surface area contributed by atoms with Crippen molar-refractivity contribution in [2.24, 2.45) is 0 Å². The Hall–Kier alpha value is -1.33. The van der Waals surface area contributed by atoms with Crippen LogP contribution < -0.4 is 5.32 Å². The molecule has 1 heterocycles. The van der Waals surface area contributed by atoms with Crippen LogP contribution >= 0.6 is 0 Å². The second kappa shape index (κ2) is 6.41. The summed E-state index contributed by atoms with van der Waals surface area (Å²) in [5, 5.41) is 3.19. The Morgan fingerprint density at radius 3 is 2.45 bits per heavy atom. The summed E-state index contributed by atoms with van der Waals surface area (Å²) in [7, 11) is 0. The minimum Gasteiger partial charge on any atom is -0.314 e. The van der Waals surface area contributed by atoms with Crippen LogP contribution in [0.1, 0.15) is 24.9 Å². The standard InChI is InChI=1S/C15H19F3N2/c1-10(2)9-13(20-7-5-19-6-8-20)14-11(16)3-4-12(17)15(14)18/h3-4,13,19H,1,5-9H2,2H3/t13-/m1/s1. The summed E-state index contributed by atoms with van der Waals surface area (Å²) < 4.78 is 41.5. The van der Waals surface area contributed by atoms with Crippen molar-refractivity contribution in [2.75, 3.05) is 26.2 Å². The second-order valence-corrected chi connectivity index (χ2v) is 5.22. The first kappa shape index (κ1) is 15.1. The summed E-state index contributed by atoms with van der Waals surface area (Å²) >= 11 is 0. The number of rotatable bonds is 4. The van der Waals surface area contributed by atoms with Crippen LogP contribution in [0, 0.1) is 17.5 Å². The third-order valence-corrected chi connectivity index (χ3v) is 3.55. The second-order valence-electron chi connectivity index (χ2n) is 5.22. The molecule has 1 aromatic carbocycles. The zero-order valence-corrected chi connectivity index (χ0v) is 11.6. The van der Waals surface area contributed by atoms with Gasteiger partial charge in [0.05, 0.1) is 0 Å². The van der Waals surface area contributed by atoms with Crippen LogP contribution in [-0.4, -0.2) is 31.1 Å². The van der Waals surface area contributed by atoms with E-state index in [1.807, 2.05) is 11.8 Å². The quantitative estimate of drug-likeness (QED) is 0.675. The highest BCUT2D eigenvalue weighted by atomic mass is 19.2. The smallest absolute Gasteiger partial charge is 0.166 e. The summed E-state index contributed by atoms with van der Waals surface area (Å²) in [5.74, 6) is -2.80. The molecule has 2 rings (SSSR count). The van der Waals surface area contributed by atoms with E-state index in [2.05, 4.69) is 11.9 Å². The number of benzene rings is 1. The third-order valence-electron chi connectivity index (χ3n) is 3.55. The monoisotopic (exact) mass is 284 g/mol. The zero-order chi connectivity index (χ0) is 14.7. The molecule has 2 nitrogen and oxygen atoms in total. The van der Waals surface area contributed by atoms with Gasteiger partial charge >= 0.3 is 0 Å². The van der Waals surface area contributed by atoms with Crippen molar-refractivity contribution in [1.82, 2.24) is 10.2 Å². The van der Waals surface area contributed by atoms with Crippen molar-refractivity contribution in [2.45, 2.75) is 19.4 Å². The number of hydrogen-bond donors (Lipinski definition) is 1. The molecule has 1 saturated heterocycles. The molecule has 1 aliphatic rings. The molecule has 1 atom stereocenters. The Labute approximate surface area is 117 Å². The lowest BCUT2D eigenvalue weighted by Gasteiger charge is -2.35. The minimum atomic E-state index is -1.09. The maximum Gasteiger partial charge on any atom is 0.166 e. The average molecular weight is 284 g/mol. The van der Waals surface area contributed by atoms with E-state index in [1.54, 1.807) is 0 Å². The molecular formula is C15H19F3N2. The van der Waals surface area contributed by atoms with Gasteiger partial charge < -0.3 is 5.32 Å². The van der Waals surface area contributed by atoms with Gasteiger partial charge in [-0.1, -0.05) is 5.57 Å². The Kier molecular flexibility index (Phi) is 4.83. The molecule has 5 heteroatoms. The van der Waals surface area contributed by atoms with E-state index in [0.717, 1.165) is 30.8 Å². The van der Waals surface area contributed by atoms with E-state index < -0.39 is 23.5 Å². The fourth-order valence-corrected chi connectivity index (χ4v) is 2.59. The summed E-state index contributed by atoms with van der Waals surface area (Å²) in [5.41, 5.74) is 0.631. The van der Waals surface area contributed by atoms with Crippen LogP contribution in [0.25, 0.3) is 0 Å². The number of nitrogens with zero attached hydrogens (tertiary/aromatic N) is 1. The lowest BCUT2D eigenvalue weighted by molar-refractivity contribution is 0.165. The van der Waals surface area contributed by atoms with Crippen LogP contribution in [-0.2, 0) is 0 Å². The maximum absolute atomic E-state index is 14.0. The average Bonchev–Trinajstić information content (AvgIpc) is 2.43. The SMILES string of the molecule is C=C(C)C[C@H](c1c(F)ccc(F)c1F)N1CCNCC1. The predicted molar refractivity (Wildman–Crippen MR) is 72.9 cm³/mol. The topological polar surface area (TPSA) is 15.3 Å². The molecule has 110 valence electrons. The van der Waals surface area contributed by atoms with Gasteiger partial charge in [-0.05, 0) is 25.5 Å². The molecule has 0 amide bonds. The van der Waals surface area contributed by atoms with Crippen LogP contribution in [0.3, 0.4) is 0 Å². The summed E-state index contributed by atoms with van der Waals surface area (Å²) in [6.07, 6.45) is 0.414. The number of hydrogen-bond acceptors (Lipinski definition) is 2. The van der Waals surface area contributed by atoms with Gasteiger partial charge in [-0.15, -0.1) is 6.58 Å². The van der Waals surface area contributed by atoms with Crippen LogP contribution in [0.5, 0.6) is 0 Å². The molecule has 20 heavy (non-hydrogen) atoms. The molecule has 1 fully saturated rings. The van der Waals surface area contributed by atoms with Crippen LogP contribution in [0.15, 0.2) is 24.3 Å². The highest BCUT2D eigenvalue weighted by Gasteiger charge is 2.28.